The van der Waals surface area contributed by atoms with E-state index in [0.29, 0.717) is 0 Å². The third-order valence-corrected chi connectivity index (χ3v) is 4.48. The van der Waals surface area contributed by atoms with Crippen LogP contribution in [0.1, 0.15) is 22.3 Å². The van der Waals surface area contributed by atoms with E-state index in [-0.39, 0.29) is 0 Å². The number of aryl methyl sites for hydroxylation is 3. The molecular weight excluding hydrogens is 428 g/mol. The predicted octanol–water partition coefficient (Wildman–Crippen LogP) is 4.89. The summed E-state index contributed by atoms with van der Waals surface area (Å²) in [5.41, 5.74) is 7.99. The van der Waals surface area contributed by atoms with Crippen LogP contribution in [-0.2, 0) is 31.3 Å². The van der Waals surface area contributed by atoms with Gasteiger partial charge in [0.25, 0.3) is 0 Å². The molecule has 140 valence electrons. The zero-order chi connectivity index (χ0) is 18.4. The van der Waals surface area contributed by atoms with E-state index in [2.05, 4.69) is 103 Å². The van der Waals surface area contributed by atoms with E-state index in [4.69, 9.17) is 4.74 Å². The number of hydrogen-bond donors (Lipinski definition) is 0. The topological polar surface area (TPSA) is 15.7 Å². The number of rotatable bonds is 5. The maximum atomic E-state index is 5.24. The zero-order valence-corrected chi connectivity index (χ0v) is 17.4. The monoisotopic (exact) mass is 451 g/mol. The Balaban J connectivity index is 0.00000109. The fraction of sp³-hybridized carbons (Fsp3) is 0.350. The molecule has 3 nitrogen and oxygen atoms in total. The van der Waals surface area contributed by atoms with Gasteiger partial charge in [0.1, 0.15) is 0 Å². The number of nitrogens with zero attached hydrogens (tertiary/aromatic N) is 2. The van der Waals surface area contributed by atoms with Crippen LogP contribution >= 0.6 is 9.19 Å². The van der Waals surface area contributed by atoms with Crippen LogP contribution in [0.2, 0.25) is 0 Å². The Morgan fingerprint density at radius 3 is 2.12 bits per heavy atom. The molecule has 0 amide bonds. The van der Waals surface area contributed by atoms with Gasteiger partial charge in [0.15, 0.2) is 0 Å². The number of hydrogen-bond acceptors (Lipinski definition) is 3. The van der Waals surface area contributed by atoms with Crippen molar-refractivity contribution in [3.8, 4) is 0 Å². The molecule has 5 heteroatoms. The van der Waals surface area contributed by atoms with E-state index < -0.39 is 0 Å². The molecule has 25 heavy (non-hydrogen) atoms. The molecule has 0 saturated carbocycles. The average Bonchev–Trinajstić information content (AvgIpc) is 2.96. The first-order chi connectivity index (χ1) is 12.1. The summed E-state index contributed by atoms with van der Waals surface area (Å²) in [4.78, 5) is 4.62. The van der Waals surface area contributed by atoms with E-state index in [0.717, 1.165) is 19.7 Å². The molecule has 1 aliphatic rings. The number of anilines is 2. The van der Waals surface area contributed by atoms with Gasteiger partial charge in [-0.2, -0.15) is 6.67 Å². The molecule has 0 bridgehead atoms. The first-order valence-electron chi connectivity index (χ1n) is 8.24. The number of benzene rings is 2. The molecule has 0 unspecified atom stereocenters. The van der Waals surface area contributed by atoms with Gasteiger partial charge in [-0.15, -0.1) is 0 Å². The zero-order valence-electron chi connectivity index (χ0n) is 15.1. The molecule has 0 spiro atoms. The summed E-state index contributed by atoms with van der Waals surface area (Å²) in [5.74, 6) is 0. The molecule has 3 rings (SSSR count). The van der Waals surface area contributed by atoms with Crippen molar-refractivity contribution < 1.29 is 24.7 Å². The van der Waals surface area contributed by atoms with Crippen molar-refractivity contribution in [2.75, 3.05) is 30.1 Å². The van der Waals surface area contributed by atoms with E-state index in [1.807, 2.05) is 0 Å². The second kappa shape index (κ2) is 9.65. The first-order valence-corrected chi connectivity index (χ1v) is 10.2. The molecule has 0 atom stereocenters. The Kier molecular flexibility index (Phi) is 7.85. The van der Waals surface area contributed by atoms with E-state index in [1.54, 1.807) is 7.11 Å². The molecule has 2 aromatic carbocycles. The second-order valence-electron chi connectivity index (χ2n) is 6.30. The molecule has 0 N–H and O–H groups in total. The number of fused-ring (bicyclic) bond motifs is 1. The summed E-state index contributed by atoms with van der Waals surface area (Å²) in [6.07, 6.45) is 0. The van der Waals surface area contributed by atoms with Crippen LogP contribution in [0.3, 0.4) is 0 Å². The number of para-hydroxylation sites is 2. The maximum absolute atomic E-state index is 5.24. The van der Waals surface area contributed by atoms with Crippen molar-refractivity contribution in [2.45, 2.75) is 27.3 Å². The van der Waals surface area contributed by atoms with Gasteiger partial charge in [-0.05, 0) is 49.6 Å². The van der Waals surface area contributed by atoms with Crippen molar-refractivity contribution in [2.24, 2.45) is 0 Å². The molecular formula is C20H25AgClN2O-. The molecule has 1 heterocycles. The van der Waals surface area contributed by atoms with Crippen LogP contribution in [0.4, 0.5) is 11.4 Å². The van der Waals surface area contributed by atoms with Crippen LogP contribution in [0.25, 0.3) is 0 Å². The van der Waals surface area contributed by atoms with Gasteiger partial charge in [0.05, 0.1) is 6.61 Å². The fourth-order valence-electron chi connectivity index (χ4n) is 3.37. The Labute approximate surface area is 167 Å². The minimum absolute atomic E-state index is 0.723. The Morgan fingerprint density at radius 1 is 1.00 bits per heavy atom. The van der Waals surface area contributed by atoms with Crippen molar-refractivity contribution >= 4 is 20.6 Å². The van der Waals surface area contributed by atoms with Crippen LogP contribution < -0.4 is 9.80 Å². The molecule has 0 aromatic heterocycles. The Morgan fingerprint density at radius 2 is 1.56 bits per heavy atom. The van der Waals surface area contributed by atoms with Crippen molar-refractivity contribution in [3.05, 3.63) is 65.3 Å². The van der Waals surface area contributed by atoms with Gasteiger partial charge in [-0.3, -0.25) is 0 Å². The summed E-state index contributed by atoms with van der Waals surface area (Å²) in [7, 11) is 6.20. The molecule has 0 fully saturated rings. The number of ether oxygens (including phenoxy) is 1. The van der Waals surface area contributed by atoms with Crippen molar-refractivity contribution in [1.29, 1.82) is 0 Å². The average molecular weight is 453 g/mol. The Bertz CT molecular complexity index is 685. The summed E-state index contributed by atoms with van der Waals surface area (Å²) in [5, 5.41) is 0. The summed E-state index contributed by atoms with van der Waals surface area (Å²) >= 11 is 2.42. The van der Waals surface area contributed by atoms with Crippen LogP contribution in [0.15, 0.2) is 36.4 Å². The van der Waals surface area contributed by atoms with Crippen molar-refractivity contribution in [1.82, 2.24) is 0 Å². The Hall–Kier alpha value is -0.970. The predicted molar refractivity (Wildman–Crippen MR) is 103 cm³/mol. The number of methoxy groups -OCH3 is 1. The van der Waals surface area contributed by atoms with Crippen LogP contribution in [0, 0.1) is 27.4 Å². The van der Waals surface area contributed by atoms with E-state index >= 15 is 0 Å². The van der Waals surface area contributed by atoms with Gasteiger partial charge in [0, 0.05) is 31.6 Å². The van der Waals surface area contributed by atoms with Gasteiger partial charge < -0.3 is 14.5 Å². The van der Waals surface area contributed by atoms with Crippen LogP contribution in [0.5, 0.6) is 0 Å². The summed E-state index contributed by atoms with van der Waals surface area (Å²) in [6.45, 7) is 11.3. The molecule has 0 radical (unpaired) electrons. The van der Waals surface area contributed by atoms with Gasteiger partial charge in [-0.25, -0.2) is 0 Å². The third-order valence-electron chi connectivity index (χ3n) is 4.48. The molecule has 1 aliphatic heterocycles. The van der Waals surface area contributed by atoms with Gasteiger partial charge >= 0.3 is 29.2 Å². The number of halogens is 1. The summed E-state index contributed by atoms with van der Waals surface area (Å²) in [6, 6.07) is 13.1. The minimum atomic E-state index is 0.723. The molecule has 0 saturated heterocycles. The molecule has 2 aromatic rings. The quantitative estimate of drug-likeness (QED) is 0.474. The second-order valence-corrected chi connectivity index (χ2v) is 6.30. The third kappa shape index (κ3) is 4.81. The normalized spacial score (nSPS) is 12.8. The standard InChI is InChI=1S/C20H25N2O.Ag.ClH/c1-15-11-16(2)18(17(3)12-15)13-22-14-21(9-10-23-4)19-7-5-6-8-20(19)22;;/h5-8,11-12,14H,9-10,13H2,1-4H3;;1H/q-1;+1;/p-1. The van der Waals surface area contributed by atoms with Crippen LogP contribution in [-0.4, -0.2) is 20.3 Å². The molecule has 0 aliphatic carbocycles. The SMILES string of the molecule is COCCN1[CH-]N(Cc2c(C)cc(C)cc2C)c2ccccc21.[Cl][Ag]. The van der Waals surface area contributed by atoms with E-state index in [1.165, 1.54) is 33.6 Å². The fourth-order valence-corrected chi connectivity index (χ4v) is 3.37. The first kappa shape index (κ1) is 20.3. The van der Waals surface area contributed by atoms with Crippen molar-refractivity contribution in [3.63, 3.8) is 0 Å². The van der Waals surface area contributed by atoms with Gasteiger partial charge in [0.2, 0.25) is 0 Å². The van der Waals surface area contributed by atoms with E-state index in [9.17, 15) is 0 Å². The van der Waals surface area contributed by atoms with Gasteiger partial charge in [-0.1, -0.05) is 29.8 Å². The summed E-state index contributed by atoms with van der Waals surface area (Å²) < 4.78 is 5.24.